The van der Waals surface area contributed by atoms with Crippen LogP contribution in [-0.2, 0) is 4.79 Å². The number of benzene rings is 1. The standard InChI is InChI=1S/C18H23F3N4O2S/c1-13(2)11-22-17(28)25-9-7-24(8-10-25)12-16(26)23-14-3-5-15(6-4-14)27-18(19,20)21/h3-6H,1,7-12H2,2H3,(H,22,28)(H,23,26). The average Bonchev–Trinajstić information content (AvgIpc) is 2.60. The molecule has 0 bridgehead atoms. The maximum atomic E-state index is 12.2. The number of amides is 1. The van der Waals surface area contributed by atoms with Crippen molar-refractivity contribution >= 4 is 28.9 Å². The first kappa shape index (κ1) is 22.0. The minimum Gasteiger partial charge on any atom is -0.406 e. The lowest BCUT2D eigenvalue weighted by molar-refractivity contribution is -0.274. The summed E-state index contributed by atoms with van der Waals surface area (Å²) >= 11 is 5.34. The Bertz CT molecular complexity index is 702. The zero-order valence-electron chi connectivity index (χ0n) is 15.5. The number of halogens is 3. The maximum absolute atomic E-state index is 12.2. The van der Waals surface area contributed by atoms with Crippen LogP contribution in [0.2, 0.25) is 0 Å². The summed E-state index contributed by atoms with van der Waals surface area (Å²) in [5, 5.41) is 6.48. The molecular weight excluding hydrogens is 393 g/mol. The highest BCUT2D eigenvalue weighted by Gasteiger charge is 2.31. The summed E-state index contributed by atoms with van der Waals surface area (Å²) in [5.41, 5.74) is 1.40. The van der Waals surface area contributed by atoms with Crippen molar-refractivity contribution in [1.82, 2.24) is 15.1 Å². The Balaban J connectivity index is 1.74. The van der Waals surface area contributed by atoms with E-state index >= 15 is 0 Å². The van der Waals surface area contributed by atoms with E-state index < -0.39 is 6.36 Å². The molecule has 1 aromatic rings. The molecule has 1 saturated heterocycles. The molecule has 2 rings (SSSR count). The Morgan fingerprint density at radius 3 is 2.36 bits per heavy atom. The summed E-state index contributed by atoms with van der Waals surface area (Å²) in [6, 6.07) is 5.03. The highest BCUT2D eigenvalue weighted by Crippen LogP contribution is 2.23. The fourth-order valence-corrected chi connectivity index (χ4v) is 2.85. The summed E-state index contributed by atoms with van der Waals surface area (Å²) in [6.45, 7) is 9.35. The number of nitrogens with one attached hydrogen (secondary N) is 2. The summed E-state index contributed by atoms with van der Waals surface area (Å²) in [7, 11) is 0. The van der Waals surface area contributed by atoms with Gasteiger partial charge in [-0.3, -0.25) is 9.69 Å². The molecule has 1 heterocycles. The fraction of sp³-hybridized carbons (Fsp3) is 0.444. The van der Waals surface area contributed by atoms with Crippen LogP contribution in [0.4, 0.5) is 18.9 Å². The molecule has 0 unspecified atom stereocenters. The lowest BCUT2D eigenvalue weighted by Gasteiger charge is -2.35. The lowest BCUT2D eigenvalue weighted by Crippen LogP contribution is -2.53. The zero-order valence-corrected chi connectivity index (χ0v) is 16.3. The van der Waals surface area contributed by atoms with Gasteiger partial charge in [-0.2, -0.15) is 0 Å². The molecule has 1 aromatic carbocycles. The van der Waals surface area contributed by atoms with Gasteiger partial charge in [-0.1, -0.05) is 12.2 Å². The summed E-state index contributed by atoms with van der Waals surface area (Å²) in [5.74, 6) is -0.571. The van der Waals surface area contributed by atoms with Crippen molar-refractivity contribution in [2.45, 2.75) is 13.3 Å². The Labute approximate surface area is 167 Å². The molecule has 10 heteroatoms. The van der Waals surface area contributed by atoms with Crippen LogP contribution in [0.25, 0.3) is 0 Å². The van der Waals surface area contributed by atoms with E-state index in [1.807, 2.05) is 16.7 Å². The van der Waals surface area contributed by atoms with Gasteiger partial charge in [0, 0.05) is 38.4 Å². The van der Waals surface area contributed by atoms with Gasteiger partial charge < -0.3 is 20.3 Å². The normalized spacial score (nSPS) is 15.1. The molecular formula is C18H23F3N4O2S. The van der Waals surface area contributed by atoms with E-state index in [-0.39, 0.29) is 18.2 Å². The number of carbonyl (C=O) groups excluding carboxylic acids is 1. The predicted octanol–water partition coefficient (Wildman–Crippen LogP) is 2.59. The second-order valence-corrected chi connectivity index (χ2v) is 6.89. The smallest absolute Gasteiger partial charge is 0.406 e. The van der Waals surface area contributed by atoms with Gasteiger partial charge in [0.15, 0.2) is 5.11 Å². The van der Waals surface area contributed by atoms with E-state index in [9.17, 15) is 18.0 Å². The first-order valence-corrected chi connectivity index (χ1v) is 9.08. The molecule has 1 amide bonds. The van der Waals surface area contributed by atoms with Crippen LogP contribution in [0.3, 0.4) is 0 Å². The third kappa shape index (κ3) is 7.73. The SMILES string of the molecule is C=C(C)CNC(=S)N1CCN(CC(=O)Nc2ccc(OC(F)(F)F)cc2)CC1. The molecule has 1 fully saturated rings. The number of hydrogen-bond donors (Lipinski definition) is 2. The van der Waals surface area contributed by atoms with Crippen molar-refractivity contribution in [3.05, 3.63) is 36.4 Å². The Morgan fingerprint density at radius 1 is 1.21 bits per heavy atom. The lowest BCUT2D eigenvalue weighted by atomic mass is 10.3. The Kier molecular flexibility index (Phi) is 7.64. The monoisotopic (exact) mass is 416 g/mol. The van der Waals surface area contributed by atoms with Crippen LogP contribution < -0.4 is 15.4 Å². The van der Waals surface area contributed by atoms with Crippen molar-refractivity contribution in [2.24, 2.45) is 0 Å². The minimum atomic E-state index is -4.74. The van der Waals surface area contributed by atoms with E-state index in [4.69, 9.17) is 12.2 Å². The first-order chi connectivity index (χ1) is 13.1. The molecule has 6 nitrogen and oxygen atoms in total. The second-order valence-electron chi connectivity index (χ2n) is 6.50. The number of anilines is 1. The van der Waals surface area contributed by atoms with Crippen molar-refractivity contribution < 1.29 is 22.7 Å². The number of piperazine rings is 1. The van der Waals surface area contributed by atoms with Gasteiger partial charge in [0.25, 0.3) is 0 Å². The molecule has 1 aliphatic heterocycles. The van der Waals surface area contributed by atoms with Crippen LogP contribution in [0.1, 0.15) is 6.92 Å². The molecule has 0 aliphatic carbocycles. The van der Waals surface area contributed by atoms with Gasteiger partial charge in [-0.15, -0.1) is 13.2 Å². The van der Waals surface area contributed by atoms with Crippen molar-refractivity contribution in [3.8, 4) is 5.75 Å². The van der Waals surface area contributed by atoms with E-state index in [0.29, 0.717) is 43.5 Å². The first-order valence-electron chi connectivity index (χ1n) is 8.67. The number of ether oxygens (including phenoxy) is 1. The molecule has 0 spiro atoms. The van der Waals surface area contributed by atoms with Gasteiger partial charge in [0.1, 0.15) is 5.75 Å². The highest BCUT2D eigenvalue weighted by atomic mass is 32.1. The molecule has 1 aliphatic rings. The molecule has 0 saturated carbocycles. The zero-order chi connectivity index (χ0) is 20.7. The van der Waals surface area contributed by atoms with Gasteiger partial charge in [-0.05, 0) is 43.4 Å². The Morgan fingerprint density at radius 2 is 1.82 bits per heavy atom. The Hall–Kier alpha value is -2.33. The second kappa shape index (κ2) is 9.74. The molecule has 2 N–H and O–H groups in total. The van der Waals surface area contributed by atoms with Crippen molar-refractivity contribution in [3.63, 3.8) is 0 Å². The highest BCUT2D eigenvalue weighted by molar-refractivity contribution is 7.80. The van der Waals surface area contributed by atoms with Crippen LogP contribution in [0.5, 0.6) is 5.75 Å². The van der Waals surface area contributed by atoms with Gasteiger partial charge >= 0.3 is 6.36 Å². The quantitative estimate of drug-likeness (QED) is 0.549. The van der Waals surface area contributed by atoms with Gasteiger partial charge in [0.2, 0.25) is 5.91 Å². The van der Waals surface area contributed by atoms with Crippen LogP contribution in [-0.4, -0.2) is 66.5 Å². The van der Waals surface area contributed by atoms with Crippen molar-refractivity contribution in [1.29, 1.82) is 0 Å². The predicted molar refractivity (Wildman–Crippen MR) is 105 cm³/mol. The number of rotatable bonds is 6. The molecule has 0 radical (unpaired) electrons. The number of hydrogen-bond acceptors (Lipinski definition) is 4. The fourth-order valence-electron chi connectivity index (χ4n) is 2.59. The topological polar surface area (TPSA) is 56.8 Å². The summed E-state index contributed by atoms with van der Waals surface area (Å²) < 4.78 is 40.3. The number of nitrogens with zero attached hydrogens (tertiary/aromatic N) is 2. The minimum absolute atomic E-state index is 0.195. The number of thiocarbonyl (C=S) groups is 1. The summed E-state index contributed by atoms with van der Waals surface area (Å²) in [6.07, 6.45) is -4.74. The average molecular weight is 416 g/mol. The molecule has 0 aromatic heterocycles. The van der Waals surface area contributed by atoms with Crippen molar-refractivity contribution in [2.75, 3.05) is 44.6 Å². The van der Waals surface area contributed by atoms with E-state index in [2.05, 4.69) is 21.9 Å². The maximum Gasteiger partial charge on any atom is 0.573 e. The largest absolute Gasteiger partial charge is 0.573 e. The van der Waals surface area contributed by atoms with Gasteiger partial charge in [-0.25, -0.2) is 0 Å². The molecule has 28 heavy (non-hydrogen) atoms. The van der Waals surface area contributed by atoms with E-state index in [0.717, 1.165) is 17.7 Å². The molecule has 0 atom stereocenters. The third-order valence-corrected chi connectivity index (χ3v) is 4.34. The number of carbonyl (C=O) groups is 1. The van der Waals surface area contributed by atoms with Crippen LogP contribution in [0.15, 0.2) is 36.4 Å². The third-order valence-electron chi connectivity index (χ3n) is 3.94. The summed E-state index contributed by atoms with van der Waals surface area (Å²) in [4.78, 5) is 16.2. The van der Waals surface area contributed by atoms with Crippen LogP contribution >= 0.6 is 12.2 Å². The molecule has 154 valence electrons. The van der Waals surface area contributed by atoms with E-state index in [1.165, 1.54) is 12.1 Å². The van der Waals surface area contributed by atoms with Crippen LogP contribution in [0, 0.1) is 0 Å². The van der Waals surface area contributed by atoms with E-state index in [1.54, 1.807) is 0 Å². The number of alkyl halides is 3. The van der Waals surface area contributed by atoms with Gasteiger partial charge in [0.05, 0.1) is 6.54 Å².